The second-order valence-electron chi connectivity index (χ2n) is 9.40. The Hall–Kier alpha value is -3.97. The van der Waals surface area contributed by atoms with Crippen molar-refractivity contribution in [3.05, 3.63) is 93.6 Å². The zero-order chi connectivity index (χ0) is 26.4. The maximum Gasteiger partial charge on any atom is 0.301 e. The Bertz CT molecular complexity index is 1560. The summed E-state index contributed by atoms with van der Waals surface area (Å²) in [5.74, 6) is -0.952. The van der Waals surface area contributed by atoms with Crippen molar-refractivity contribution in [2.45, 2.75) is 40.7 Å². The fourth-order valence-corrected chi connectivity index (χ4v) is 5.80. The first-order valence-corrected chi connectivity index (χ1v) is 13.0. The van der Waals surface area contributed by atoms with Crippen LogP contribution in [0.4, 0.5) is 5.13 Å². The molecule has 7 heteroatoms. The number of aliphatic hydroxyl groups excluding tert-OH is 1. The van der Waals surface area contributed by atoms with Crippen molar-refractivity contribution < 1.29 is 19.4 Å². The van der Waals surface area contributed by atoms with Gasteiger partial charge in [-0.05, 0) is 87.2 Å². The number of aliphatic hydroxyl groups is 1. The van der Waals surface area contributed by atoms with E-state index in [1.54, 1.807) is 18.2 Å². The number of anilines is 1. The number of ketones is 1. The van der Waals surface area contributed by atoms with Gasteiger partial charge in [0.2, 0.25) is 0 Å². The molecule has 1 saturated heterocycles. The van der Waals surface area contributed by atoms with Gasteiger partial charge in [-0.15, -0.1) is 0 Å². The minimum absolute atomic E-state index is 0.0470. The van der Waals surface area contributed by atoms with E-state index in [1.165, 1.54) is 16.2 Å². The van der Waals surface area contributed by atoms with Gasteiger partial charge in [0, 0.05) is 5.56 Å². The molecule has 0 radical (unpaired) electrons. The summed E-state index contributed by atoms with van der Waals surface area (Å²) in [6.07, 6.45) is 0. The summed E-state index contributed by atoms with van der Waals surface area (Å²) in [4.78, 5) is 33.2. The molecule has 1 fully saturated rings. The van der Waals surface area contributed by atoms with E-state index in [9.17, 15) is 14.7 Å². The minimum atomic E-state index is -0.811. The van der Waals surface area contributed by atoms with E-state index in [2.05, 4.69) is 0 Å². The van der Waals surface area contributed by atoms with E-state index in [1.807, 2.05) is 71.0 Å². The molecule has 1 aliphatic heterocycles. The standard InChI is InChI=1S/C30H28N2O4S/c1-6-36-23-11-10-21(13-19(23)5)27(33)25-26(20-9-7-8-16(2)12-20)32(29(35)28(25)34)30-31-22-14-17(3)18(4)15-24(22)37-30/h7-15,26,33H,6H2,1-5H3/b27-25+. The lowest BCUT2D eigenvalue weighted by atomic mass is 9.94. The highest BCUT2D eigenvalue weighted by molar-refractivity contribution is 7.22. The van der Waals surface area contributed by atoms with Crippen LogP contribution in [0.1, 0.15) is 46.3 Å². The van der Waals surface area contributed by atoms with Crippen LogP contribution in [-0.4, -0.2) is 28.4 Å². The number of hydrogen-bond acceptors (Lipinski definition) is 6. The zero-order valence-corrected chi connectivity index (χ0v) is 22.3. The van der Waals surface area contributed by atoms with Crippen molar-refractivity contribution in [1.29, 1.82) is 0 Å². The topological polar surface area (TPSA) is 79.7 Å². The van der Waals surface area contributed by atoms with Gasteiger partial charge in [0.15, 0.2) is 5.13 Å². The molecule has 1 aliphatic rings. The molecular weight excluding hydrogens is 484 g/mol. The van der Waals surface area contributed by atoms with Gasteiger partial charge in [-0.25, -0.2) is 4.98 Å². The van der Waals surface area contributed by atoms with Gasteiger partial charge in [-0.2, -0.15) is 0 Å². The summed E-state index contributed by atoms with van der Waals surface area (Å²) >= 11 is 1.37. The van der Waals surface area contributed by atoms with Gasteiger partial charge in [-0.3, -0.25) is 14.5 Å². The third-order valence-electron chi connectivity index (χ3n) is 6.75. The molecule has 0 spiro atoms. The molecule has 3 aromatic carbocycles. The molecule has 1 unspecified atom stereocenters. The first-order chi connectivity index (χ1) is 17.7. The maximum absolute atomic E-state index is 13.5. The summed E-state index contributed by atoms with van der Waals surface area (Å²) in [6.45, 7) is 10.3. The molecule has 188 valence electrons. The van der Waals surface area contributed by atoms with E-state index in [0.717, 1.165) is 38.0 Å². The number of amides is 1. The Morgan fingerprint density at radius 2 is 1.76 bits per heavy atom. The van der Waals surface area contributed by atoms with Gasteiger partial charge in [-0.1, -0.05) is 41.2 Å². The molecule has 1 atom stereocenters. The number of benzene rings is 3. The lowest BCUT2D eigenvalue weighted by molar-refractivity contribution is -0.132. The molecule has 1 N–H and O–H groups in total. The van der Waals surface area contributed by atoms with Crippen molar-refractivity contribution in [2.24, 2.45) is 0 Å². The van der Waals surface area contributed by atoms with Crippen molar-refractivity contribution in [3.63, 3.8) is 0 Å². The van der Waals surface area contributed by atoms with E-state index in [0.29, 0.717) is 23.1 Å². The number of aromatic nitrogens is 1. The average Bonchev–Trinajstić information content (AvgIpc) is 3.37. The molecule has 4 aromatic rings. The number of fused-ring (bicyclic) bond motifs is 1. The molecule has 2 heterocycles. The normalized spacial score (nSPS) is 17.1. The van der Waals surface area contributed by atoms with Crippen LogP contribution < -0.4 is 9.64 Å². The molecular formula is C30H28N2O4S. The van der Waals surface area contributed by atoms with Crippen LogP contribution in [0.3, 0.4) is 0 Å². The van der Waals surface area contributed by atoms with Crippen molar-refractivity contribution >= 4 is 44.1 Å². The predicted octanol–water partition coefficient (Wildman–Crippen LogP) is 6.55. The molecule has 0 aliphatic carbocycles. The lowest BCUT2D eigenvalue weighted by Gasteiger charge is -2.23. The van der Waals surface area contributed by atoms with Crippen molar-refractivity contribution in [1.82, 2.24) is 4.98 Å². The largest absolute Gasteiger partial charge is 0.507 e. The van der Waals surface area contributed by atoms with Crippen LogP contribution in [0.2, 0.25) is 0 Å². The van der Waals surface area contributed by atoms with Crippen LogP contribution in [-0.2, 0) is 9.59 Å². The molecule has 1 amide bonds. The average molecular weight is 513 g/mol. The molecule has 1 aromatic heterocycles. The SMILES string of the molecule is CCOc1ccc(/C(O)=C2\C(=O)C(=O)N(c3nc4cc(C)c(C)cc4s3)C2c2cccc(C)c2)cc1C. The van der Waals surface area contributed by atoms with Crippen LogP contribution in [0.15, 0.2) is 60.2 Å². The maximum atomic E-state index is 13.5. The Balaban J connectivity index is 1.71. The number of nitrogens with zero attached hydrogens (tertiary/aromatic N) is 2. The number of hydrogen-bond donors (Lipinski definition) is 1. The Morgan fingerprint density at radius 3 is 2.46 bits per heavy atom. The number of Topliss-reactive ketones (excluding diaryl/α,β-unsaturated/α-hetero) is 1. The second kappa shape index (κ2) is 9.48. The van der Waals surface area contributed by atoms with Crippen LogP contribution in [0.25, 0.3) is 16.0 Å². The highest BCUT2D eigenvalue weighted by Gasteiger charge is 2.48. The molecule has 37 heavy (non-hydrogen) atoms. The zero-order valence-electron chi connectivity index (χ0n) is 21.5. The number of thiazole rings is 1. The summed E-state index contributed by atoms with van der Waals surface area (Å²) in [7, 11) is 0. The highest BCUT2D eigenvalue weighted by atomic mass is 32.1. The van der Waals surface area contributed by atoms with E-state index >= 15 is 0 Å². The van der Waals surface area contributed by atoms with E-state index in [4.69, 9.17) is 9.72 Å². The Morgan fingerprint density at radius 1 is 1.00 bits per heavy atom. The number of aryl methyl sites for hydroxylation is 4. The van der Waals surface area contributed by atoms with Gasteiger partial charge >= 0.3 is 5.91 Å². The fourth-order valence-electron chi connectivity index (χ4n) is 4.73. The third-order valence-corrected chi connectivity index (χ3v) is 7.77. The second-order valence-corrected chi connectivity index (χ2v) is 10.4. The Labute approximate surface area is 219 Å². The predicted molar refractivity (Wildman–Crippen MR) is 147 cm³/mol. The smallest absolute Gasteiger partial charge is 0.301 e. The summed E-state index contributed by atoms with van der Waals surface area (Å²) in [6, 6.07) is 16.1. The van der Waals surface area contributed by atoms with Gasteiger partial charge in [0.1, 0.15) is 11.5 Å². The summed E-state index contributed by atoms with van der Waals surface area (Å²) in [5, 5.41) is 11.9. The Kier molecular flexibility index (Phi) is 6.33. The first kappa shape index (κ1) is 24.7. The van der Waals surface area contributed by atoms with E-state index < -0.39 is 17.7 Å². The summed E-state index contributed by atoms with van der Waals surface area (Å²) < 4.78 is 6.56. The van der Waals surface area contributed by atoms with Crippen LogP contribution >= 0.6 is 11.3 Å². The lowest BCUT2D eigenvalue weighted by Crippen LogP contribution is -2.29. The van der Waals surface area contributed by atoms with Crippen LogP contribution in [0.5, 0.6) is 5.75 Å². The highest BCUT2D eigenvalue weighted by Crippen LogP contribution is 2.45. The number of carbonyl (C=O) groups excluding carboxylic acids is 2. The molecule has 6 nitrogen and oxygen atoms in total. The van der Waals surface area contributed by atoms with Gasteiger partial charge in [0.05, 0.1) is 28.4 Å². The third kappa shape index (κ3) is 4.29. The monoisotopic (exact) mass is 512 g/mol. The molecule has 0 saturated carbocycles. The van der Waals surface area contributed by atoms with E-state index in [-0.39, 0.29) is 11.3 Å². The number of ether oxygens (including phenoxy) is 1. The van der Waals surface area contributed by atoms with Crippen molar-refractivity contribution in [2.75, 3.05) is 11.5 Å². The number of carbonyl (C=O) groups is 2. The molecule has 0 bridgehead atoms. The quantitative estimate of drug-likeness (QED) is 0.186. The van der Waals surface area contributed by atoms with Gasteiger partial charge in [0.25, 0.3) is 5.78 Å². The summed E-state index contributed by atoms with van der Waals surface area (Å²) in [5.41, 5.74) is 6.04. The fraction of sp³-hybridized carbons (Fsp3) is 0.233. The number of rotatable bonds is 5. The first-order valence-electron chi connectivity index (χ1n) is 12.2. The molecule has 5 rings (SSSR count). The van der Waals surface area contributed by atoms with Gasteiger partial charge < -0.3 is 9.84 Å². The van der Waals surface area contributed by atoms with Crippen molar-refractivity contribution in [3.8, 4) is 5.75 Å². The van der Waals surface area contributed by atoms with Crippen LogP contribution in [0, 0.1) is 27.7 Å². The minimum Gasteiger partial charge on any atom is -0.507 e.